The van der Waals surface area contributed by atoms with Crippen LogP contribution in [0.4, 0.5) is 0 Å². The van der Waals surface area contributed by atoms with Gasteiger partial charge in [-0.3, -0.25) is 9.59 Å². The molecule has 1 unspecified atom stereocenters. The van der Waals surface area contributed by atoms with Crippen molar-refractivity contribution < 1.29 is 14.7 Å². The maximum absolute atomic E-state index is 10.9. The second-order valence-electron chi connectivity index (χ2n) is 4.73. The van der Waals surface area contributed by atoms with Crippen LogP contribution in [0.15, 0.2) is 0 Å². The Morgan fingerprint density at radius 2 is 1.94 bits per heavy atom. The average Bonchev–Trinajstić information content (AvgIpc) is 2.28. The molecule has 2 N–H and O–H groups in total. The largest absolute Gasteiger partial charge is 0.481 e. The van der Waals surface area contributed by atoms with Gasteiger partial charge in [0.05, 0.1) is 5.92 Å². The molecule has 0 heterocycles. The molecular weight excluding hydrogens is 232 g/mol. The van der Waals surface area contributed by atoms with E-state index in [0.717, 1.165) is 25.8 Å². The summed E-state index contributed by atoms with van der Waals surface area (Å²) in [6, 6.07) is 0. The lowest BCUT2D eigenvalue weighted by atomic mass is 10.1. The minimum absolute atomic E-state index is 0.0465. The number of carbonyl (C=O) groups excluding carboxylic acids is 1. The first-order valence-corrected chi connectivity index (χ1v) is 6.67. The molecule has 0 rings (SSSR count). The minimum atomic E-state index is -0.769. The number of aliphatic carboxylic acids is 1. The first kappa shape index (κ1) is 16.9. The van der Waals surface area contributed by atoms with Crippen LogP contribution in [0.25, 0.3) is 0 Å². The SMILES string of the molecule is CCCCCN(CCNC(C)=O)CC(C)C(=O)O. The Morgan fingerprint density at radius 1 is 1.28 bits per heavy atom. The fraction of sp³-hybridized carbons (Fsp3) is 0.846. The van der Waals surface area contributed by atoms with Gasteiger partial charge in [0, 0.05) is 26.6 Å². The summed E-state index contributed by atoms with van der Waals surface area (Å²) < 4.78 is 0. The van der Waals surface area contributed by atoms with Crippen molar-refractivity contribution in [1.29, 1.82) is 0 Å². The molecular formula is C13H26N2O3. The van der Waals surface area contributed by atoms with Gasteiger partial charge in [0.15, 0.2) is 0 Å². The molecule has 0 fully saturated rings. The predicted octanol–water partition coefficient (Wildman–Crippen LogP) is 1.34. The van der Waals surface area contributed by atoms with Crippen LogP contribution in [0.1, 0.15) is 40.0 Å². The van der Waals surface area contributed by atoms with E-state index >= 15 is 0 Å². The van der Waals surface area contributed by atoms with Crippen LogP contribution in [0.5, 0.6) is 0 Å². The average molecular weight is 258 g/mol. The molecule has 0 radical (unpaired) electrons. The smallest absolute Gasteiger partial charge is 0.307 e. The van der Waals surface area contributed by atoms with Crippen molar-refractivity contribution in [2.24, 2.45) is 5.92 Å². The molecule has 0 saturated heterocycles. The minimum Gasteiger partial charge on any atom is -0.481 e. The van der Waals surface area contributed by atoms with Crippen molar-refractivity contribution in [1.82, 2.24) is 10.2 Å². The van der Waals surface area contributed by atoms with E-state index in [1.165, 1.54) is 6.92 Å². The van der Waals surface area contributed by atoms with Crippen molar-refractivity contribution in [3.05, 3.63) is 0 Å². The molecule has 0 aliphatic carbocycles. The number of carboxylic acids is 1. The van der Waals surface area contributed by atoms with E-state index in [0.29, 0.717) is 19.6 Å². The van der Waals surface area contributed by atoms with Crippen LogP contribution in [-0.4, -0.2) is 48.1 Å². The van der Waals surface area contributed by atoms with Crippen molar-refractivity contribution in [3.63, 3.8) is 0 Å². The molecule has 1 amide bonds. The van der Waals surface area contributed by atoms with E-state index < -0.39 is 5.97 Å². The van der Waals surface area contributed by atoms with E-state index in [1.807, 2.05) is 0 Å². The van der Waals surface area contributed by atoms with Gasteiger partial charge in [0.1, 0.15) is 0 Å². The fourth-order valence-corrected chi connectivity index (χ4v) is 1.74. The van der Waals surface area contributed by atoms with Crippen LogP contribution in [-0.2, 0) is 9.59 Å². The molecule has 0 spiro atoms. The van der Waals surface area contributed by atoms with Gasteiger partial charge in [-0.15, -0.1) is 0 Å². The van der Waals surface area contributed by atoms with Crippen molar-refractivity contribution in [2.75, 3.05) is 26.2 Å². The summed E-state index contributed by atoms with van der Waals surface area (Å²) in [5.74, 6) is -1.19. The molecule has 0 aromatic rings. The Balaban J connectivity index is 4.06. The third-order valence-corrected chi connectivity index (χ3v) is 2.83. The Hall–Kier alpha value is -1.10. The van der Waals surface area contributed by atoms with Crippen LogP contribution in [0.2, 0.25) is 0 Å². The summed E-state index contributed by atoms with van der Waals surface area (Å²) in [5.41, 5.74) is 0. The zero-order valence-electron chi connectivity index (χ0n) is 11.7. The molecule has 0 aliphatic heterocycles. The van der Waals surface area contributed by atoms with Crippen molar-refractivity contribution >= 4 is 11.9 Å². The first-order valence-electron chi connectivity index (χ1n) is 6.67. The summed E-state index contributed by atoms with van der Waals surface area (Å²) in [5, 5.41) is 11.7. The number of amides is 1. The fourth-order valence-electron chi connectivity index (χ4n) is 1.74. The standard InChI is InChI=1S/C13H26N2O3/c1-4-5-6-8-15(9-7-14-12(3)16)10-11(2)13(17)18/h11H,4-10H2,1-3H3,(H,14,16)(H,17,18). The van der Waals surface area contributed by atoms with Gasteiger partial charge in [-0.2, -0.15) is 0 Å². The third kappa shape index (κ3) is 8.98. The zero-order valence-corrected chi connectivity index (χ0v) is 11.7. The van der Waals surface area contributed by atoms with Crippen LogP contribution >= 0.6 is 0 Å². The Morgan fingerprint density at radius 3 is 2.44 bits per heavy atom. The Kier molecular flexibility index (Phi) is 9.28. The van der Waals surface area contributed by atoms with Crippen LogP contribution in [0, 0.1) is 5.92 Å². The maximum Gasteiger partial charge on any atom is 0.307 e. The maximum atomic E-state index is 10.9. The summed E-state index contributed by atoms with van der Waals surface area (Å²) >= 11 is 0. The summed E-state index contributed by atoms with van der Waals surface area (Å²) in [6.07, 6.45) is 3.37. The molecule has 106 valence electrons. The highest BCUT2D eigenvalue weighted by molar-refractivity contribution is 5.72. The number of unbranched alkanes of at least 4 members (excludes halogenated alkanes) is 2. The predicted molar refractivity (Wildman–Crippen MR) is 71.4 cm³/mol. The zero-order chi connectivity index (χ0) is 14.0. The van der Waals surface area contributed by atoms with Gasteiger partial charge >= 0.3 is 5.97 Å². The van der Waals surface area contributed by atoms with E-state index in [1.54, 1.807) is 6.92 Å². The Bertz CT molecular complexity index is 257. The first-order chi connectivity index (χ1) is 8.47. The number of hydrogen-bond donors (Lipinski definition) is 2. The summed E-state index contributed by atoms with van der Waals surface area (Å²) in [4.78, 5) is 23.8. The van der Waals surface area contributed by atoms with E-state index in [4.69, 9.17) is 5.11 Å². The van der Waals surface area contributed by atoms with Gasteiger partial charge in [0.2, 0.25) is 5.91 Å². The van der Waals surface area contributed by atoms with Gasteiger partial charge in [-0.25, -0.2) is 0 Å². The molecule has 18 heavy (non-hydrogen) atoms. The number of rotatable bonds is 10. The topological polar surface area (TPSA) is 69.6 Å². The highest BCUT2D eigenvalue weighted by atomic mass is 16.4. The number of carboxylic acid groups (broad SMARTS) is 1. The van der Waals surface area contributed by atoms with Crippen molar-refractivity contribution in [3.8, 4) is 0 Å². The normalized spacial score (nSPS) is 12.4. The molecule has 1 atom stereocenters. The highest BCUT2D eigenvalue weighted by Crippen LogP contribution is 2.03. The van der Waals surface area contributed by atoms with Crippen LogP contribution < -0.4 is 5.32 Å². The molecule has 0 aromatic carbocycles. The number of nitrogens with zero attached hydrogens (tertiary/aromatic N) is 1. The second kappa shape index (κ2) is 9.88. The molecule has 5 nitrogen and oxygen atoms in total. The quantitative estimate of drug-likeness (QED) is 0.580. The number of hydrogen-bond acceptors (Lipinski definition) is 3. The Labute approximate surface area is 110 Å². The van der Waals surface area contributed by atoms with Gasteiger partial charge in [0.25, 0.3) is 0 Å². The molecule has 0 aromatic heterocycles. The monoisotopic (exact) mass is 258 g/mol. The lowest BCUT2D eigenvalue weighted by Crippen LogP contribution is -2.38. The lowest BCUT2D eigenvalue weighted by molar-refractivity contribution is -0.141. The summed E-state index contributed by atoms with van der Waals surface area (Å²) in [7, 11) is 0. The van der Waals surface area contributed by atoms with Crippen molar-refractivity contribution in [2.45, 2.75) is 40.0 Å². The van der Waals surface area contributed by atoms with E-state index in [-0.39, 0.29) is 11.8 Å². The van der Waals surface area contributed by atoms with Crippen LogP contribution in [0.3, 0.4) is 0 Å². The number of nitrogens with one attached hydrogen (secondary N) is 1. The molecule has 0 aliphatic rings. The highest BCUT2D eigenvalue weighted by Gasteiger charge is 2.15. The molecule has 0 saturated carbocycles. The lowest BCUT2D eigenvalue weighted by Gasteiger charge is -2.24. The van der Waals surface area contributed by atoms with Gasteiger partial charge in [-0.05, 0) is 13.0 Å². The van der Waals surface area contributed by atoms with Gasteiger partial charge < -0.3 is 15.3 Å². The third-order valence-electron chi connectivity index (χ3n) is 2.83. The van der Waals surface area contributed by atoms with Gasteiger partial charge in [-0.1, -0.05) is 26.7 Å². The second-order valence-corrected chi connectivity index (χ2v) is 4.73. The van der Waals surface area contributed by atoms with E-state index in [2.05, 4.69) is 17.1 Å². The number of carbonyl (C=O) groups is 2. The summed E-state index contributed by atoms with van der Waals surface area (Å²) in [6.45, 7) is 8.06. The molecule has 0 bridgehead atoms. The molecule has 5 heteroatoms. The van der Waals surface area contributed by atoms with E-state index in [9.17, 15) is 9.59 Å².